The topological polar surface area (TPSA) is 84.0 Å². The molecular weight excluding hydrogens is 304 g/mol. The Balaban J connectivity index is 1.77. The van der Waals surface area contributed by atoms with Crippen LogP contribution in [0.5, 0.6) is 0 Å². The molecule has 0 aromatic carbocycles. The predicted octanol–water partition coefficient (Wildman–Crippen LogP) is 2.20. The van der Waals surface area contributed by atoms with E-state index in [1.807, 2.05) is 19.1 Å². The van der Waals surface area contributed by atoms with Crippen molar-refractivity contribution in [1.82, 2.24) is 15.3 Å². The second-order valence-corrected chi connectivity index (χ2v) is 5.02. The Hall–Kier alpha value is -2.47. The van der Waals surface area contributed by atoms with Crippen molar-refractivity contribution in [2.75, 3.05) is 11.9 Å². The van der Waals surface area contributed by atoms with Crippen LogP contribution in [0.2, 0.25) is 5.02 Å². The summed E-state index contributed by atoms with van der Waals surface area (Å²) < 4.78 is 0. The number of carbonyl (C=O) groups excluding carboxylic acids is 2. The molecule has 2 N–H and O–H groups in total. The molecule has 114 valence electrons. The fraction of sp³-hybridized carbons (Fsp3) is 0.200. The molecule has 0 atom stereocenters. The zero-order valence-electron chi connectivity index (χ0n) is 12.0. The lowest BCUT2D eigenvalue weighted by atomic mass is 10.3. The van der Waals surface area contributed by atoms with E-state index in [2.05, 4.69) is 20.6 Å². The highest BCUT2D eigenvalue weighted by atomic mass is 35.5. The molecule has 2 aromatic heterocycles. The first kappa shape index (κ1) is 15.9. The molecule has 0 unspecified atom stereocenters. The Labute approximate surface area is 132 Å². The number of rotatable bonds is 5. The van der Waals surface area contributed by atoms with Crippen molar-refractivity contribution >= 4 is 29.2 Å². The van der Waals surface area contributed by atoms with Crippen LogP contribution in [-0.4, -0.2) is 28.3 Å². The number of aryl methyl sites for hydroxylation is 1. The summed E-state index contributed by atoms with van der Waals surface area (Å²) in [6, 6.07) is 8.47. The van der Waals surface area contributed by atoms with Crippen molar-refractivity contribution < 1.29 is 9.59 Å². The molecule has 6 nitrogen and oxygen atoms in total. The van der Waals surface area contributed by atoms with E-state index in [0.29, 0.717) is 10.8 Å². The third kappa shape index (κ3) is 4.82. The molecule has 7 heteroatoms. The lowest BCUT2D eigenvalue weighted by Crippen LogP contribution is -2.28. The molecule has 0 saturated carbocycles. The van der Waals surface area contributed by atoms with Gasteiger partial charge in [0.1, 0.15) is 11.5 Å². The van der Waals surface area contributed by atoms with Gasteiger partial charge in [0.25, 0.3) is 5.91 Å². The van der Waals surface area contributed by atoms with E-state index in [0.717, 1.165) is 5.69 Å². The smallest absolute Gasteiger partial charge is 0.269 e. The summed E-state index contributed by atoms with van der Waals surface area (Å²) in [4.78, 5) is 31.6. The number of aromatic nitrogens is 2. The number of halogens is 1. The zero-order chi connectivity index (χ0) is 15.9. The molecule has 0 fully saturated rings. The van der Waals surface area contributed by atoms with E-state index in [1.54, 1.807) is 12.1 Å². The number of nitrogens with one attached hydrogen (secondary N) is 2. The average Bonchev–Trinajstić information content (AvgIpc) is 2.47. The van der Waals surface area contributed by atoms with Gasteiger partial charge in [-0.3, -0.25) is 9.59 Å². The van der Waals surface area contributed by atoms with Crippen molar-refractivity contribution in [3.05, 3.63) is 52.9 Å². The van der Waals surface area contributed by atoms with Crippen LogP contribution in [0.3, 0.4) is 0 Å². The maximum absolute atomic E-state index is 11.8. The number of pyridine rings is 2. The van der Waals surface area contributed by atoms with Gasteiger partial charge in [-0.05, 0) is 31.2 Å². The van der Waals surface area contributed by atoms with E-state index in [4.69, 9.17) is 11.6 Å². The lowest BCUT2D eigenvalue weighted by Gasteiger charge is -2.06. The maximum atomic E-state index is 11.8. The van der Waals surface area contributed by atoms with Crippen molar-refractivity contribution in [3.63, 3.8) is 0 Å². The molecule has 0 radical (unpaired) electrons. The van der Waals surface area contributed by atoms with Crippen LogP contribution in [-0.2, 0) is 4.79 Å². The summed E-state index contributed by atoms with van der Waals surface area (Å²) in [5.74, 6) is -0.0729. The number of nitrogens with zero attached hydrogens (tertiary/aromatic N) is 2. The third-order valence-electron chi connectivity index (χ3n) is 2.75. The summed E-state index contributed by atoms with van der Waals surface area (Å²) >= 11 is 5.70. The largest absolute Gasteiger partial charge is 0.350 e. The summed E-state index contributed by atoms with van der Waals surface area (Å²) in [6.45, 7) is 2.05. The van der Waals surface area contributed by atoms with Crippen molar-refractivity contribution in [2.45, 2.75) is 13.3 Å². The number of hydrogen-bond donors (Lipinski definition) is 2. The zero-order valence-corrected chi connectivity index (χ0v) is 12.7. The van der Waals surface area contributed by atoms with Crippen LogP contribution in [0.25, 0.3) is 0 Å². The molecule has 2 rings (SSSR count). The quantitative estimate of drug-likeness (QED) is 0.885. The van der Waals surface area contributed by atoms with E-state index < -0.39 is 0 Å². The number of carbonyl (C=O) groups is 2. The second-order valence-electron chi connectivity index (χ2n) is 4.58. The van der Waals surface area contributed by atoms with Crippen LogP contribution in [0.15, 0.2) is 36.5 Å². The Morgan fingerprint density at radius 2 is 2.05 bits per heavy atom. The first-order chi connectivity index (χ1) is 10.5. The van der Waals surface area contributed by atoms with Gasteiger partial charge in [0.05, 0.1) is 5.02 Å². The highest BCUT2D eigenvalue weighted by molar-refractivity contribution is 6.30. The van der Waals surface area contributed by atoms with Crippen molar-refractivity contribution in [1.29, 1.82) is 0 Å². The van der Waals surface area contributed by atoms with Gasteiger partial charge in [-0.25, -0.2) is 9.97 Å². The van der Waals surface area contributed by atoms with Crippen molar-refractivity contribution in [2.24, 2.45) is 0 Å². The fourth-order valence-electron chi connectivity index (χ4n) is 1.71. The molecule has 0 aliphatic heterocycles. The molecule has 0 aliphatic rings. The summed E-state index contributed by atoms with van der Waals surface area (Å²) in [5.41, 5.74) is 1.07. The highest BCUT2D eigenvalue weighted by Crippen LogP contribution is 2.06. The summed E-state index contributed by atoms with van der Waals surface area (Å²) in [5, 5.41) is 5.75. The summed E-state index contributed by atoms with van der Waals surface area (Å²) in [7, 11) is 0. The van der Waals surface area contributed by atoms with Gasteiger partial charge in [0.15, 0.2) is 0 Å². The van der Waals surface area contributed by atoms with Crippen LogP contribution >= 0.6 is 11.6 Å². The minimum absolute atomic E-state index is 0.148. The van der Waals surface area contributed by atoms with Crippen LogP contribution < -0.4 is 10.6 Å². The molecule has 2 amide bonds. The minimum Gasteiger partial charge on any atom is -0.350 e. The maximum Gasteiger partial charge on any atom is 0.269 e. The van der Waals surface area contributed by atoms with Gasteiger partial charge in [0, 0.05) is 24.9 Å². The van der Waals surface area contributed by atoms with Crippen molar-refractivity contribution in [3.8, 4) is 0 Å². The molecule has 0 aliphatic carbocycles. The highest BCUT2D eigenvalue weighted by Gasteiger charge is 2.08. The van der Waals surface area contributed by atoms with Gasteiger partial charge in [0.2, 0.25) is 5.91 Å². The Morgan fingerprint density at radius 3 is 2.73 bits per heavy atom. The predicted molar refractivity (Wildman–Crippen MR) is 83.8 cm³/mol. The van der Waals surface area contributed by atoms with Crippen LogP contribution in [0, 0.1) is 6.92 Å². The first-order valence-corrected chi connectivity index (χ1v) is 7.05. The van der Waals surface area contributed by atoms with E-state index in [1.165, 1.54) is 12.3 Å². The van der Waals surface area contributed by atoms with Gasteiger partial charge in [-0.1, -0.05) is 17.7 Å². The number of anilines is 1. The van der Waals surface area contributed by atoms with Gasteiger partial charge in [-0.2, -0.15) is 0 Å². The minimum atomic E-state index is -0.349. The normalized spacial score (nSPS) is 10.1. The molecule has 0 spiro atoms. The fourth-order valence-corrected chi connectivity index (χ4v) is 1.82. The van der Waals surface area contributed by atoms with Crippen LogP contribution in [0.4, 0.5) is 5.82 Å². The molecule has 22 heavy (non-hydrogen) atoms. The Morgan fingerprint density at radius 1 is 1.23 bits per heavy atom. The van der Waals surface area contributed by atoms with E-state index in [9.17, 15) is 9.59 Å². The standard InChI is InChI=1S/C15H15ClN4O2/c1-10-3-2-4-13(19-10)20-14(21)7-8-17-15(22)12-6-5-11(16)9-18-12/h2-6,9H,7-8H2,1H3,(H,17,22)(H,19,20,21). The van der Waals surface area contributed by atoms with Gasteiger partial charge < -0.3 is 10.6 Å². The van der Waals surface area contributed by atoms with E-state index >= 15 is 0 Å². The monoisotopic (exact) mass is 318 g/mol. The average molecular weight is 319 g/mol. The molecule has 0 bridgehead atoms. The van der Waals surface area contributed by atoms with Gasteiger partial charge in [-0.15, -0.1) is 0 Å². The lowest BCUT2D eigenvalue weighted by molar-refractivity contribution is -0.116. The van der Waals surface area contributed by atoms with E-state index in [-0.39, 0.29) is 30.5 Å². The third-order valence-corrected chi connectivity index (χ3v) is 2.98. The molecule has 2 aromatic rings. The van der Waals surface area contributed by atoms with Gasteiger partial charge >= 0.3 is 0 Å². The Kier molecular flexibility index (Phi) is 5.43. The first-order valence-electron chi connectivity index (χ1n) is 6.68. The Bertz CT molecular complexity index is 673. The molecule has 0 saturated heterocycles. The number of hydrogen-bond acceptors (Lipinski definition) is 4. The number of amides is 2. The molecular formula is C15H15ClN4O2. The second kappa shape index (κ2) is 7.51. The molecule has 2 heterocycles. The summed E-state index contributed by atoms with van der Waals surface area (Å²) in [6.07, 6.45) is 1.54. The SMILES string of the molecule is Cc1cccc(NC(=O)CCNC(=O)c2ccc(Cl)cn2)n1. The van der Waals surface area contributed by atoms with Crippen LogP contribution in [0.1, 0.15) is 22.6 Å².